The van der Waals surface area contributed by atoms with Crippen LogP contribution in [0.5, 0.6) is 0 Å². The van der Waals surface area contributed by atoms with Gasteiger partial charge in [0.15, 0.2) is 0 Å². The largest absolute Gasteiger partial charge is 0.344 e. The summed E-state index contributed by atoms with van der Waals surface area (Å²) in [5, 5.41) is 5.83. The van der Waals surface area contributed by atoms with Crippen molar-refractivity contribution in [1.29, 1.82) is 0 Å². The third-order valence-electron chi connectivity index (χ3n) is 1.99. The first kappa shape index (κ1) is 8.49. The molecule has 4 nitrogen and oxygen atoms in total. The first-order valence-electron chi connectivity index (χ1n) is 4.03. The summed E-state index contributed by atoms with van der Waals surface area (Å²) in [7, 11) is 0. The van der Waals surface area contributed by atoms with E-state index in [2.05, 4.69) is 10.6 Å². The summed E-state index contributed by atoms with van der Waals surface area (Å²) >= 11 is 0. The highest BCUT2D eigenvalue weighted by Gasteiger charge is 2.19. The van der Waals surface area contributed by atoms with Crippen molar-refractivity contribution in [3.8, 4) is 0 Å². The van der Waals surface area contributed by atoms with Crippen molar-refractivity contribution in [2.45, 2.75) is 12.8 Å². The minimum absolute atomic E-state index is 0.106. The van der Waals surface area contributed by atoms with Gasteiger partial charge in [-0.3, -0.25) is 4.79 Å². The lowest BCUT2D eigenvalue weighted by Crippen LogP contribution is -2.40. The molecule has 0 atom stereocenters. The number of hydrogen-bond donors (Lipinski definition) is 3. The van der Waals surface area contributed by atoms with Crippen LogP contribution in [0.3, 0.4) is 0 Å². The van der Waals surface area contributed by atoms with Gasteiger partial charge in [0.25, 0.3) is 0 Å². The first-order chi connectivity index (χ1) is 5.34. The minimum atomic E-state index is 0.106. The lowest BCUT2D eigenvalue weighted by Gasteiger charge is -2.21. The number of piperidine rings is 1. The quantitative estimate of drug-likeness (QED) is 0.451. The Morgan fingerprint density at radius 3 is 2.73 bits per heavy atom. The lowest BCUT2D eigenvalue weighted by atomic mass is 9.97. The highest BCUT2D eigenvalue weighted by Crippen LogP contribution is 2.10. The summed E-state index contributed by atoms with van der Waals surface area (Å²) in [5.74, 6) is 0.286. The highest BCUT2D eigenvalue weighted by atomic mass is 16.1. The Labute approximate surface area is 66.5 Å². The average Bonchev–Trinajstić information content (AvgIpc) is 2.07. The second-order valence-electron chi connectivity index (χ2n) is 2.77. The van der Waals surface area contributed by atoms with Crippen LogP contribution in [0.1, 0.15) is 12.8 Å². The molecule has 64 valence electrons. The fourth-order valence-corrected chi connectivity index (χ4v) is 1.33. The van der Waals surface area contributed by atoms with E-state index >= 15 is 0 Å². The molecule has 0 aromatic carbocycles. The number of amides is 1. The molecule has 4 N–H and O–H groups in total. The molecular weight excluding hydrogens is 142 g/mol. The zero-order valence-corrected chi connectivity index (χ0v) is 6.60. The van der Waals surface area contributed by atoms with Crippen LogP contribution < -0.4 is 16.4 Å². The van der Waals surface area contributed by atoms with Crippen LogP contribution >= 0.6 is 0 Å². The summed E-state index contributed by atoms with van der Waals surface area (Å²) in [4.78, 5) is 11.2. The number of hydrogen-bond acceptors (Lipinski definition) is 3. The van der Waals surface area contributed by atoms with Crippen molar-refractivity contribution >= 4 is 5.91 Å². The maximum absolute atomic E-state index is 11.2. The normalized spacial score (nSPS) is 19.7. The molecule has 0 radical (unpaired) electrons. The van der Waals surface area contributed by atoms with Crippen molar-refractivity contribution in [3.63, 3.8) is 0 Å². The van der Waals surface area contributed by atoms with Gasteiger partial charge < -0.3 is 16.4 Å². The number of carbonyl (C=O) groups excluding carboxylic acids is 1. The van der Waals surface area contributed by atoms with Crippen molar-refractivity contribution in [2.24, 2.45) is 11.7 Å². The number of nitrogens with two attached hydrogens (primary N) is 1. The maximum Gasteiger partial charge on any atom is 0.224 e. The Bertz CT molecular complexity index is 132. The smallest absolute Gasteiger partial charge is 0.224 e. The van der Waals surface area contributed by atoms with E-state index in [1.54, 1.807) is 0 Å². The molecule has 0 saturated carbocycles. The Hall–Kier alpha value is -0.610. The van der Waals surface area contributed by atoms with E-state index in [9.17, 15) is 4.79 Å². The summed E-state index contributed by atoms with van der Waals surface area (Å²) in [6.45, 7) is 2.15. The van der Waals surface area contributed by atoms with Crippen LogP contribution in [-0.4, -0.2) is 25.7 Å². The fraction of sp³-hybridized carbons (Fsp3) is 0.857. The van der Waals surface area contributed by atoms with Crippen LogP contribution in [0, 0.1) is 5.92 Å². The van der Waals surface area contributed by atoms with E-state index in [-0.39, 0.29) is 18.5 Å². The molecule has 0 spiro atoms. The third-order valence-corrected chi connectivity index (χ3v) is 1.99. The van der Waals surface area contributed by atoms with Gasteiger partial charge in [0, 0.05) is 5.92 Å². The standard InChI is InChI=1S/C7H15N3O/c8-5-10-7(11)6-1-3-9-4-2-6/h6,9H,1-5,8H2,(H,10,11). The fourth-order valence-electron chi connectivity index (χ4n) is 1.33. The molecule has 0 aromatic rings. The monoisotopic (exact) mass is 157 g/mol. The zero-order chi connectivity index (χ0) is 8.10. The van der Waals surface area contributed by atoms with Crippen LogP contribution in [0.4, 0.5) is 0 Å². The van der Waals surface area contributed by atoms with Crippen LogP contribution in [0.25, 0.3) is 0 Å². The van der Waals surface area contributed by atoms with Gasteiger partial charge >= 0.3 is 0 Å². The van der Waals surface area contributed by atoms with Gasteiger partial charge in [0.1, 0.15) is 0 Å². The molecule has 1 heterocycles. The first-order valence-corrected chi connectivity index (χ1v) is 4.03. The predicted molar refractivity (Wildman–Crippen MR) is 42.8 cm³/mol. The molecule has 1 aliphatic rings. The molecule has 1 saturated heterocycles. The third kappa shape index (κ3) is 2.48. The van der Waals surface area contributed by atoms with Crippen molar-refractivity contribution in [1.82, 2.24) is 10.6 Å². The molecule has 1 fully saturated rings. The molecule has 11 heavy (non-hydrogen) atoms. The maximum atomic E-state index is 11.2. The highest BCUT2D eigenvalue weighted by molar-refractivity contribution is 5.78. The van der Waals surface area contributed by atoms with E-state index in [1.807, 2.05) is 0 Å². The predicted octanol–water partition coefficient (Wildman–Crippen LogP) is -0.982. The van der Waals surface area contributed by atoms with Crippen LogP contribution in [-0.2, 0) is 4.79 Å². The second kappa shape index (κ2) is 4.31. The van der Waals surface area contributed by atoms with Gasteiger partial charge in [-0.25, -0.2) is 0 Å². The molecule has 0 aliphatic carbocycles. The Morgan fingerprint density at radius 1 is 1.55 bits per heavy atom. The Balaban J connectivity index is 2.27. The van der Waals surface area contributed by atoms with E-state index < -0.39 is 0 Å². The lowest BCUT2D eigenvalue weighted by molar-refractivity contribution is -0.125. The summed E-state index contributed by atoms with van der Waals surface area (Å²) in [5.41, 5.74) is 5.19. The van der Waals surface area contributed by atoms with Crippen molar-refractivity contribution in [2.75, 3.05) is 19.8 Å². The van der Waals surface area contributed by atoms with Crippen molar-refractivity contribution in [3.05, 3.63) is 0 Å². The number of rotatable bonds is 2. The molecule has 0 aromatic heterocycles. The van der Waals surface area contributed by atoms with E-state index in [0.717, 1.165) is 25.9 Å². The number of nitrogens with one attached hydrogen (secondary N) is 2. The molecule has 0 unspecified atom stereocenters. The summed E-state index contributed by atoms with van der Waals surface area (Å²) in [6, 6.07) is 0. The van der Waals surface area contributed by atoms with E-state index in [0.29, 0.717) is 0 Å². The summed E-state index contributed by atoms with van der Waals surface area (Å²) in [6.07, 6.45) is 1.87. The molecular formula is C7H15N3O. The van der Waals surface area contributed by atoms with E-state index in [1.165, 1.54) is 0 Å². The van der Waals surface area contributed by atoms with Gasteiger partial charge in [0.2, 0.25) is 5.91 Å². The van der Waals surface area contributed by atoms with Crippen molar-refractivity contribution < 1.29 is 4.79 Å². The molecule has 1 amide bonds. The van der Waals surface area contributed by atoms with Gasteiger partial charge in [-0.15, -0.1) is 0 Å². The van der Waals surface area contributed by atoms with Crippen LogP contribution in [0.15, 0.2) is 0 Å². The Morgan fingerprint density at radius 2 is 2.18 bits per heavy atom. The van der Waals surface area contributed by atoms with Gasteiger partial charge in [-0.1, -0.05) is 0 Å². The molecule has 1 rings (SSSR count). The zero-order valence-electron chi connectivity index (χ0n) is 6.60. The topological polar surface area (TPSA) is 67.1 Å². The van der Waals surface area contributed by atoms with Gasteiger partial charge in [-0.05, 0) is 25.9 Å². The molecule has 4 heteroatoms. The van der Waals surface area contributed by atoms with Crippen LogP contribution in [0.2, 0.25) is 0 Å². The Kier molecular flexibility index (Phi) is 3.32. The average molecular weight is 157 g/mol. The molecule has 1 aliphatic heterocycles. The minimum Gasteiger partial charge on any atom is -0.344 e. The second-order valence-corrected chi connectivity index (χ2v) is 2.77. The summed E-state index contributed by atoms with van der Waals surface area (Å²) < 4.78 is 0. The van der Waals surface area contributed by atoms with Gasteiger partial charge in [-0.2, -0.15) is 0 Å². The molecule has 0 bridgehead atoms. The SMILES string of the molecule is NCNC(=O)C1CCNCC1. The number of carbonyl (C=O) groups is 1. The van der Waals surface area contributed by atoms with E-state index in [4.69, 9.17) is 5.73 Å². The van der Waals surface area contributed by atoms with Gasteiger partial charge in [0.05, 0.1) is 6.67 Å².